The summed E-state index contributed by atoms with van der Waals surface area (Å²) in [6.07, 6.45) is 3.04. The van der Waals surface area contributed by atoms with Crippen LogP contribution in [0.3, 0.4) is 0 Å². The second-order valence-corrected chi connectivity index (χ2v) is 4.48. The fourth-order valence-electron chi connectivity index (χ4n) is 2.06. The Bertz CT molecular complexity index is 375. The lowest BCUT2D eigenvalue weighted by Gasteiger charge is -2.16. The molecule has 4 nitrogen and oxygen atoms in total. The molecule has 0 amide bonds. The van der Waals surface area contributed by atoms with Crippen molar-refractivity contribution in [3.63, 3.8) is 0 Å². The fourth-order valence-corrected chi connectivity index (χ4v) is 2.06. The molecule has 18 heavy (non-hydrogen) atoms. The number of rotatable bonds is 6. The summed E-state index contributed by atoms with van der Waals surface area (Å²) in [5.74, 6) is 1.58. The zero-order valence-electron chi connectivity index (χ0n) is 10.9. The van der Waals surface area contributed by atoms with Crippen LogP contribution in [0.1, 0.15) is 18.4 Å². The van der Waals surface area contributed by atoms with Crippen LogP contribution in [-0.4, -0.2) is 33.0 Å². The first-order valence-electron chi connectivity index (χ1n) is 6.45. The molecule has 0 spiro atoms. The quantitative estimate of drug-likeness (QED) is 0.837. The zero-order chi connectivity index (χ0) is 12.8. The third kappa shape index (κ3) is 3.37. The maximum atomic E-state index is 5.94. The van der Waals surface area contributed by atoms with Gasteiger partial charge in [-0.05, 0) is 37.1 Å². The van der Waals surface area contributed by atoms with Crippen molar-refractivity contribution >= 4 is 0 Å². The Morgan fingerprint density at radius 2 is 2.28 bits per heavy atom. The van der Waals surface area contributed by atoms with E-state index in [9.17, 15) is 0 Å². The normalized spacial score (nSPS) is 18.9. The molecule has 0 radical (unpaired) electrons. The Balaban J connectivity index is 2.08. The van der Waals surface area contributed by atoms with Gasteiger partial charge in [-0.15, -0.1) is 0 Å². The predicted molar refractivity (Wildman–Crippen MR) is 70.2 cm³/mol. The monoisotopic (exact) mass is 251 g/mol. The van der Waals surface area contributed by atoms with Crippen LogP contribution in [0.2, 0.25) is 0 Å². The van der Waals surface area contributed by atoms with Crippen LogP contribution < -0.4 is 15.2 Å². The van der Waals surface area contributed by atoms with Crippen LogP contribution in [-0.2, 0) is 11.2 Å². The summed E-state index contributed by atoms with van der Waals surface area (Å²) >= 11 is 0. The molecule has 1 atom stereocenters. The van der Waals surface area contributed by atoms with E-state index in [1.54, 1.807) is 7.11 Å². The number of hydrogen-bond acceptors (Lipinski definition) is 4. The van der Waals surface area contributed by atoms with Crippen molar-refractivity contribution in [2.75, 3.05) is 26.9 Å². The molecule has 0 aliphatic carbocycles. The van der Waals surface area contributed by atoms with E-state index < -0.39 is 0 Å². The van der Waals surface area contributed by atoms with Gasteiger partial charge >= 0.3 is 0 Å². The van der Waals surface area contributed by atoms with Gasteiger partial charge in [-0.2, -0.15) is 0 Å². The first-order chi connectivity index (χ1) is 8.83. The highest BCUT2D eigenvalue weighted by Gasteiger charge is 2.19. The van der Waals surface area contributed by atoms with Crippen LogP contribution in [0.5, 0.6) is 11.5 Å². The third-order valence-corrected chi connectivity index (χ3v) is 3.08. The second-order valence-electron chi connectivity index (χ2n) is 4.48. The molecule has 1 unspecified atom stereocenters. The average Bonchev–Trinajstić information content (AvgIpc) is 2.89. The van der Waals surface area contributed by atoms with E-state index in [2.05, 4.69) is 6.07 Å². The molecule has 1 aliphatic rings. The molecule has 0 aromatic heterocycles. The van der Waals surface area contributed by atoms with E-state index in [0.29, 0.717) is 13.2 Å². The van der Waals surface area contributed by atoms with Crippen LogP contribution >= 0.6 is 0 Å². The summed E-state index contributed by atoms with van der Waals surface area (Å²) in [5, 5.41) is 0. The van der Waals surface area contributed by atoms with Gasteiger partial charge in [0.25, 0.3) is 0 Å². The number of benzene rings is 1. The number of hydrogen-bond donors (Lipinski definition) is 1. The van der Waals surface area contributed by atoms with Gasteiger partial charge in [0.2, 0.25) is 0 Å². The van der Waals surface area contributed by atoms with Crippen molar-refractivity contribution < 1.29 is 14.2 Å². The Morgan fingerprint density at radius 3 is 2.94 bits per heavy atom. The summed E-state index contributed by atoms with van der Waals surface area (Å²) in [4.78, 5) is 0. The summed E-state index contributed by atoms with van der Waals surface area (Å²) in [6.45, 7) is 2.15. The molecule has 2 N–H and O–H groups in total. The van der Waals surface area contributed by atoms with Gasteiger partial charge in [-0.1, -0.05) is 6.07 Å². The van der Waals surface area contributed by atoms with Crippen LogP contribution in [0.25, 0.3) is 0 Å². The van der Waals surface area contributed by atoms with Crippen molar-refractivity contribution in [2.45, 2.75) is 25.4 Å². The minimum Gasteiger partial charge on any atom is -0.493 e. The van der Waals surface area contributed by atoms with Crippen molar-refractivity contribution in [1.82, 2.24) is 0 Å². The van der Waals surface area contributed by atoms with E-state index in [1.165, 1.54) is 5.56 Å². The summed E-state index contributed by atoms with van der Waals surface area (Å²) in [7, 11) is 1.66. The molecule has 1 aromatic carbocycles. The van der Waals surface area contributed by atoms with Crippen molar-refractivity contribution in [2.24, 2.45) is 5.73 Å². The first kappa shape index (κ1) is 13.2. The number of ether oxygens (including phenoxy) is 3. The highest BCUT2D eigenvalue weighted by Crippen LogP contribution is 2.30. The van der Waals surface area contributed by atoms with Crippen LogP contribution in [0.4, 0.5) is 0 Å². The van der Waals surface area contributed by atoms with Gasteiger partial charge in [0.05, 0.1) is 20.3 Å². The smallest absolute Gasteiger partial charge is 0.161 e. The molecule has 1 heterocycles. The minimum atomic E-state index is 0.142. The first-order valence-corrected chi connectivity index (χ1v) is 6.45. The van der Waals surface area contributed by atoms with E-state index in [1.807, 2.05) is 12.1 Å². The van der Waals surface area contributed by atoms with Gasteiger partial charge in [0, 0.05) is 6.42 Å². The standard InChI is InChI=1S/C14H21NO3/c1-16-13-5-4-11(3-2-7-15)9-14(13)18-12-6-8-17-10-12/h4-5,9,12H,2-3,6-8,10,15H2,1H3. The molecule has 1 aliphatic heterocycles. The topological polar surface area (TPSA) is 53.7 Å². The van der Waals surface area contributed by atoms with E-state index >= 15 is 0 Å². The molecule has 4 heteroatoms. The fraction of sp³-hybridized carbons (Fsp3) is 0.571. The van der Waals surface area contributed by atoms with Crippen molar-refractivity contribution in [3.05, 3.63) is 23.8 Å². The molecule has 1 aromatic rings. The summed E-state index contributed by atoms with van der Waals surface area (Å²) in [5.41, 5.74) is 6.76. The number of methoxy groups -OCH3 is 1. The lowest BCUT2D eigenvalue weighted by molar-refractivity contribution is 0.138. The maximum Gasteiger partial charge on any atom is 0.161 e. The second kappa shape index (κ2) is 6.61. The lowest BCUT2D eigenvalue weighted by atomic mass is 10.1. The average molecular weight is 251 g/mol. The third-order valence-electron chi connectivity index (χ3n) is 3.08. The molecule has 0 bridgehead atoms. The van der Waals surface area contributed by atoms with Crippen molar-refractivity contribution in [1.29, 1.82) is 0 Å². The molecule has 2 rings (SSSR count). The van der Waals surface area contributed by atoms with E-state index in [-0.39, 0.29) is 6.10 Å². The highest BCUT2D eigenvalue weighted by molar-refractivity contribution is 5.43. The predicted octanol–water partition coefficient (Wildman–Crippen LogP) is 1.75. The Morgan fingerprint density at radius 1 is 1.39 bits per heavy atom. The Hall–Kier alpha value is -1.26. The molecular formula is C14H21NO3. The molecule has 1 saturated heterocycles. The van der Waals surface area contributed by atoms with Gasteiger partial charge in [-0.3, -0.25) is 0 Å². The molecule has 1 fully saturated rings. The number of nitrogens with two attached hydrogens (primary N) is 1. The van der Waals surface area contributed by atoms with Gasteiger partial charge < -0.3 is 19.9 Å². The Kier molecular flexibility index (Phi) is 4.84. The maximum absolute atomic E-state index is 5.94. The SMILES string of the molecule is COc1ccc(CCCN)cc1OC1CCOC1. The van der Waals surface area contributed by atoms with Gasteiger partial charge in [-0.25, -0.2) is 0 Å². The molecule has 0 saturated carbocycles. The minimum absolute atomic E-state index is 0.142. The zero-order valence-corrected chi connectivity index (χ0v) is 10.9. The lowest BCUT2D eigenvalue weighted by Crippen LogP contribution is -2.16. The molecular weight excluding hydrogens is 230 g/mol. The molecule has 100 valence electrons. The van der Waals surface area contributed by atoms with E-state index in [4.69, 9.17) is 19.9 Å². The van der Waals surface area contributed by atoms with Crippen LogP contribution in [0.15, 0.2) is 18.2 Å². The largest absolute Gasteiger partial charge is 0.493 e. The van der Waals surface area contributed by atoms with Crippen LogP contribution in [0, 0.1) is 0 Å². The summed E-state index contributed by atoms with van der Waals surface area (Å²) < 4.78 is 16.6. The van der Waals surface area contributed by atoms with Gasteiger partial charge in [0.1, 0.15) is 6.10 Å². The van der Waals surface area contributed by atoms with Crippen molar-refractivity contribution in [3.8, 4) is 11.5 Å². The Labute approximate surface area is 108 Å². The highest BCUT2D eigenvalue weighted by atomic mass is 16.6. The number of aryl methyl sites for hydroxylation is 1. The summed E-state index contributed by atoms with van der Waals surface area (Å²) in [6, 6.07) is 6.07. The van der Waals surface area contributed by atoms with E-state index in [0.717, 1.165) is 37.4 Å². The van der Waals surface area contributed by atoms with Gasteiger partial charge in [0.15, 0.2) is 11.5 Å².